The molecule has 0 unspecified atom stereocenters. The van der Waals surface area contributed by atoms with E-state index in [4.69, 9.17) is 9.84 Å². The summed E-state index contributed by atoms with van der Waals surface area (Å²) in [6.07, 6.45) is 3.10. The summed E-state index contributed by atoms with van der Waals surface area (Å²) in [6.45, 7) is 5.38. The third kappa shape index (κ3) is 5.04. The number of carbonyl (C=O) groups is 1. The molecule has 1 saturated carbocycles. The maximum absolute atomic E-state index is 11.6. The molecule has 0 bridgehead atoms. The lowest BCUT2D eigenvalue weighted by Gasteiger charge is -2.34. The summed E-state index contributed by atoms with van der Waals surface area (Å²) in [6, 6.07) is 0. The largest absolute Gasteiger partial charge is 0.460 e. The number of hydrogen-bond donors (Lipinski definition) is 2. The predicted octanol–water partition coefficient (Wildman–Crippen LogP) is 1.63. The molecule has 0 aromatic heterocycles. The van der Waals surface area contributed by atoms with Gasteiger partial charge in [-0.25, -0.2) is 0 Å². The molecule has 100 valence electrons. The number of aliphatic hydroxyl groups excluding tert-OH is 1. The van der Waals surface area contributed by atoms with Gasteiger partial charge in [0.15, 0.2) is 0 Å². The second kappa shape index (κ2) is 5.36. The van der Waals surface area contributed by atoms with Crippen molar-refractivity contribution < 1.29 is 19.7 Å². The van der Waals surface area contributed by atoms with Crippen LogP contribution in [0.15, 0.2) is 0 Å². The van der Waals surface area contributed by atoms with E-state index in [-0.39, 0.29) is 18.5 Å². The zero-order valence-corrected chi connectivity index (χ0v) is 11.0. The van der Waals surface area contributed by atoms with E-state index in [9.17, 15) is 9.90 Å². The van der Waals surface area contributed by atoms with Crippen molar-refractivity contribution in [3.8, 4) is 0 Å². The minimum absolute atomic E-state index is 0.170. The van der Waals surface area contributed by atoms with Crippen LogP contribution in [0.2, 0.25) is 0 Å². The Bertz CT molecular complexity index is 259. The van der Waals surface area contributed by atoms with E-state index >= 15 is 0 Å². The number of rotatable bonds is 3. The lowest BCUT2D eigenvalue weighted by molar-refractivity contribution is -0.157. The molecule has 0 heterocycles. The summed E-state index contributed by atoms with van der Waals surface area (Å²) >= 11 is 0. The van der Waals surface area contributed by atoms with Crippen molar-refractivity contribution in [3.05, 3.63) is 0 Å². The Hall–Kier alpha value is -0.610. The molecule has 0 atom stereocenters. The van der Waals surface area contributed by atoms with Crippen molar-refractivity contribution in [2.45, 2.75) is 64.1 Å². The van der Waals surface area contributed by atoms with Crippen molar-refractivity contribution >= 4 is 5.97 Å². The molecule has 0 spiro atoms. The van der Waals surface area contributed by atoms with Crippen LogP contribution >= 0.6 is 0 Å². The Morgan fingerprint density at radius 1 is 1.35 bits per heavy atom. The summed E-state index contributed by atoms with van der Waals surface area (Å²) in [5.41, 5.74) is -1.36. The highest BCUT2D eigenvalue weighted by Gasteiger charge is 2.33. The number of aliphatic hydroxyl groups is 2. The van der Waals surface area contributed by atoms with Crippen molar-refractivity contribution in [1.29, 1.82) is 0 Å². The van der Waals surface area contributed by atoms with E-state index < -0.39 is 11.2 Å². The van der Waals surface area contributed by atoms with Crippen LogP contribution in [-0.4, -0.2) is 34.0 Å². The predicted molar refractivity (Wildman–Crippen MR) is 64.5 cm³/mol. The molecule has 0 amide bonds. The summed E-state index contributed by atoms with van der Waals surface area (Å²) < 4.78 is 5.27. The van der Waals surface area contributed by atoms with Crippen LogP contribution in [-0.2, 0) is 9.53 Å². The topological polar surface area (TPSA) is 66.8 Å². The summed E-state index contributed by atoms with van der Waals surface area (Å²) in [5, 5.41) is 18.9. The first kappa shape index (κ1) is 14.5. The van der Waals surface area contributed by atoms with Gasteiger partial charge in [0.2, 0.25) is 0 Å². The highest BCUT2D eigenvalue weighted by atomic mass is 16.6. The van der Waals surface area contributed by atoms with Crippen LogP contribution in [0.3, 0.4) is 0 Å². The van der Waals surface area contributed by atoms with Gasteiger partial charge in [-0.1, -0.05) is 0 Å². The fraction of sp³-hybridized carbons (Fsp3) is 0.923. The van der Waals surface area contributed by atoms with E-state index in [1.54, 1.807) is 0 Å². The molecule has 1 aliphatic carbocycles. The van der Waals surface area contributed by atoms with Gasteiger partial charge >= 0.3 is 5.97 Å². The number of ether oxygens (including phenoxy) is 1. The third-order valence-electron chi connectivity index (χ3n) is 3.21. The van der Waals surface area contributed by atoms with Gasteiger partial charge in [0.25, 0.3) is 0 Å². The minimum atomic E-state index is -0.926. The van der Waals surface area contributed by atoms with Gasteiger partial charge < -0.3 is 14.9 Å². The number of carbonyl (C=O) groups excluding carboxylic acids is 1. The maximum Gasteiger partial charge on any atom is 0.306 e. The van der Waals surface area contributed by atoms with E-state index in [1.807, 2.05) is 20.8 Å². The van der Waals surface area contributed by atoms with Crippen LogP contribution in [0.5, 0.6) is 0 Å². The minimum Gasteiger partial charge on any atom is -0.460 e. The summed E-state index contributed by atoms with van der Waals surface area (Å²) in [5.74, 6) is 0.105. The first-order valence-electron chi connectivity index (χ1n) is 6.29. The number of hydrogen-bond acceptors (Lipinski definition) is 4. The molecule has 17 heavy (non-hydrogen) atoms. The molecule has 4 heteroatoms. The molecule has 1 rings (SSSR count). The average molecular weight is 244 g/mol. The first-order valence-corrected chi connectivity index (χ1v) is 6.29. The van der Waals surface area contributed by atoms with Gasteiger partial charge in [-0.2, -0.15) is 0 Å². The summed E-state index contributed by atoms with van der Waals surface area (Å²) in [7, 11) is 0. The second-order valence-electron chi connectivity index (χ2n) is 6.12. The van der Waals surface area contributed by atoms with Crippen molar-refractivity contribution in [1.82, 2.24) is 0 Å². The molecule has 1 aliphatic rings. The molecule has 0 radical (unpaired) electrons. The second-order valence-corrected chi connectivity index (χ2v) is 6.12. The normalized spacial score (nSPS) is 30.1. The molecule has 2 N–H and O–H groups in total. The fourth-order valence-corrected chi connectivity index (χ4v) is 2.20. The van der Waals surface area contributed by atoms with Crippen LogP contribution < -0.4 is 0 Å². The molecule has 4 nitrogen and oxygen atoms in total. The fourth-order valence-electron chi connectivity index (χ4n) is 2.20. The van der Waals surface area contributed by atoms with Crippen LogP contribution in [0.4, 0.5) is 0 Å². The van der Waals surface area contributed by atoms with Gasteiger partial charge in [0.1, 0.15) is 5.60 Å². The molecule has 0 aromatic rings. The van der Waals surface area contributed by atoms with Gasteiger partial charge in [-0.3, -0.25) is 4.79 Å². The van der Waals surface area contributed by atoms with Gasteiger partial charge in [0.05, 0.1) is 12.2 Å². The van der Waals surface area contributed by atoms with E-state index in [0.29, 0.717) is 19.3 Å². The number of esters is 1. The Morgan fingerprint density at radius 3 is 2.29 bits per heavy atom. The van der Waals surface area contributed by atoms with Crippen LogP contribution in [0.1, 0.15) is 52.9 Å². The molecule has 1 fully saturated rings. The Balaban J connectivity index is 2.34. The van der Waals surface area contributed by atoms with Crippen molar-refractivity contribution in [2.24, 2.45) is 5.92 Å². The van der Waals surface area contributed by atoms with Crippen LogP contribution in [0.25, 0.3) is 0 Å². The highest BCUT2D eigenvalue weighted by molar-refractivity contribution is 5.70. The highest BCUT2D eigenvalue weighted by Crippen LogP contribution is 2.33. The monoisotopic (exact) mass is 244 g/mol. The summed E-state index contributed by atoms with van der Waals surface area (Å²) in [4.78, 5) is 11.6. The zero-order valence-electron chi connectivity index (χ0n) is 11.0. The lowest BCUT2D eigenvalue weighted by atomic mass is 9.78. The molecular formula is C13H24O4. The molecular weight excluding hydrogens is 220 g/mol. The molecule has 0 aliphatic heterocycles. The van der Waals surface area contributed by atoms with Crippen LogP contribution in [0, 0.1) is 5.92 Å². The maximum atomic E-state index is 11.6. The zero-order chi connectivity index (χ0) is 13.1. The average Bonchev–Trinajstić information content (AvgIpc) is 2.19. The SMILES string of the molecule is CC(C)(C)OC(=O)CC1CCC(O)(CO)CC1. The Labute approximate surface area is 103 Å². The quantitative estimate of drug-likeness (QED) is 0.740. The van der Waals surface area contributed by atoms with Gasteiger partial charge in [-0.05, 0) is 52.4 Å². The van der Waals surface area contributed by atoms with Gasteiger partial charge in [-0.15, -0.1) is 0 Å². The van der Waals surface area contributed by atoms with E-state index in [0.717, 1.165) is 12.8 Å². The van der Waals surface area contributed by atoms with Crippen molar-refractivity contribution in [3.63, 3.8) is 0 Å². The smallest absolute Gasteiger partial charge is 0.306 e. The first-order chi connectivity index (χ1) is 7.74. The van der Waals surface area contributed by atoms with Gasteiger partial charge in [0, 0.05) is 6.42 Å². The lowest BCUT2D eigenvalue weighted by Crippen LogP contribution is -2.38. The molecule has 0 aromatic carbocycles. The Morgan fingerprint density at radius 2 is 1.88 bits per heavy atom. The standard InChI is InChI=1S/C13H24O4/c1-12(2,3)17-11(15)8-10-4-6-13(16,9-14)7-5-10/h10,14,16H,4-9H2,1-3H3. The Kier molecular flexibility index (Phi) is 4.55. The third-order valence-corrected chi connectivity index (χ3v) is 3.21. The van der Waals surface area contributed by atoms with E-state index in [2.05, 4.69) is 0 Å². The molecule has 0 saturated heterocycles. The van der Waals surface area contributed by atoms with Crippen molar-refractivity contribution in [2.75, 3.05) is 6.61 Å². The van der Waals surface area contributed by atoms with E-state index in [1.165, 1.54) is 0 Å².